The number of piperazine rings is 1. The normalized spacial score (nSPS) is 13.9. The Bertz CT molecular complexity index is 778. The third-order valence-electron chi connectivity index (χ3n) is 4.76. The fourth-order valence-electron chi connectivity index (χ4n) is 3.43. The van der Waals surface area contributed by atoms with Crippen LogP contribution in [-0.2, 0) is 0 Å². The number of amides is 1. The van der Waals surface area contributed by atoms with Crippen LogP contribution in [0.25, 0.3) is 0 Å². The first-order chi connectivity index (χ1) is 14.2. The number of hydrogen-bond acceptors (Lipinski definition) is 5. The topological polar surface area (TPSA) is 65.4 Å². The summed E-state index contributed by atoms with van der Waals surface area (Å²) >= 11 is 0. The van der Waals surface area contributed by atoms with E-state index in [1.807, 2.05) is 50.1 Å². The van der Waals surface area contributed by atoms with Crippen LogP contribution in [0.15, 0.2) is 36.5 Å². The van der Waals surface area contributed by atoms with Gasteiger partial charge in [0.15, 0.2) is 11.5 Å². The molecule has 1 fully saturated rings. The predicted molar refractivity (Wildman–Crippen MR) is 111 cm³/mol. The molecule has 1 amide bonds. The quantitative estimate of drug-likeness (QED) is 0.682. The second-order valence-corrected chi connectivity index (χ2v) is 6.63. The second kappa shape index (κ2) is 10.0. The number of H-pyrrole nitrogens is 1. The molecule has 2 aromatic rings. The van der Waals surface area contributed by atoms with Crippen LogP contribution in [0.1, 0.15) is 31.1 Å². The van der Waals surface area contributed by atoms with Crippen molar-refractivity contribution in [3.05, 3.63) is 42.1 Å². The fraction of sp³-hybridized carbons (Fsp3) is 0.455. The van der Waals surface area contributed by atoms with Gasteiger partial charge in [0.05, 0.1) is 39.1 Å². The van der Waals surface area contributed by atoms with Gasteiger partial charge in [-0.2, -0.15) is 0 Å². The third-order valence-corrected chi connectivity index (χ3v) is 4.76. The van der Waals surface area contributed by atoms with Gasteiger partial charge in [-0.15, -0.1) is 0 Å². The summed E-state index contributed by atoms with van der Waals surface area (Å²) in [5.41, 5.74) is 0.556. The van der Waals surface area contributed by atoms with Gasteiger partial charge in [-0.05, 0) is 39.0 Å². The van der Waals surface area contributed by atoms with Crippen LogP contribution in [-0.4, -0.2) is 56.8 Å². The molecule has 1 aliphatic rings. The number of pyridine rings is 1. The van der Waals surface area contributed by atoms with Crippen molar-refractivity contribution in [1.82, 2.24) is 4.90 Å². The number of rotatable bonds is 8. The molecular formula is C22H30N3O4+. The van der Waals surface area contributed by atoms with Gasteiger partial charge in [-0.3, -0.25) is 9.69 Å². The highest BCUT2D eigenvalue weighted by Gasteiger charge is 2.28. The molecular weight excluding hydrogens is 370 g/mol. The summed E-state index contributed by atoms with van der Waals surface area (Å²) in [5, 5.41) is 0. The minimum atomic E-state index is -0.0216. The van der Waals surface area contributed by atoms with Crippen LogP contribution in [0.3, 0.4) is 0 Å². The summed E-state index contributed by atoms with van der Waals surface area (Å²) < 4.78 is 17.2. The third kappa shape index (κ3) is 4.91. The molecule has 0 aliphatic carbocycles. The van der Waals surface area contributed by atoms with Gasteiger partial charge in [-0.25, -0.2) is 4.98 Å². The van der Waals surface area contributed by atoms with Gasteiger partial charge < -0.3 is 19.1 Å². The van der Waals surface area contributed by atoms with E-state index in [9.17, 15) is 4.79 Å². The number of carbonyl (C=O) groups is 1. The first-order valence-electron chi connectivity index (χ1n) is 10.2. The summed E-state index contributed by atoms with van der Waals surface area (Å²) in [4.78, 5) is 20.5. The number of aromatic nitrogens is 1. The van der Waals surface area contributed by atoms with Crippen LogP contribution in [0.4, 0.5) is 5.82 Å². The highest BCUT2D eigenvalue weighted by Crippen LogP contribution is 2.39. The minimum absolute atomic E-state index is 0.0216. The molecule has 0 bridgehead atoms. The van der Waals surface area contributed by atoms with Crippen LogP contribution in [0, 0.1) is 0 Å². The Kier molecular flexibility index (Phi) is 7.16. The van der Waals surface area contributed by atoms with E-state index in [1.165, 1.54) is 0 Å². The molecule has 1 aromatic heterocycles. The lowest BCUT2D eigenvalue weighted by atomic mass is 10.1. The summed E-state index contributed by atoms with van der Waals surface area (Å²) in [6, 6.07) is 9.54. The standard InChI is InChI=1S/C22H29N3O4/c1-4-27-18-15-17(16-19(28-5-2)21(18)29-6-3)22(26)25-13-11-24(12-14-25)20-9-7-8-10-23-20/h7-10,15-16H,4-6,11-14H2,1-3H3/p+1. The first kappa shape index (κ1) is 20.8. The lowest BCUT2D eigenvalue weighted by Crippen LogP contribution is -2.50. The SMILES string of the molecule is CCOc1cc(C(=O)N2CCN(c3cccc[nH+]3)CC2)cc(OCC)c1OCC. The van der Waals surface area contributed by atoms with Crippen molar-refractivity contribution in [2.24, 2.45) is 0 Å². The van der Waals surface area contributed by atoms with Crippen molar-refractivity contribution in [3.8, 4) is 17.2 Å². The Labute approximate surface area is 172 Å². The van der Waals surface area contributed by atoms with Gasteiger partial charge in [0.2, 0.25) is 5.75 Å². The molecule has 0 saturated carbocycles. The van der Waals surface area contributed by atoms with Crippen molar-refractivity contribution < 1.29 is 24.0 Å². The van der Waals surface area contributed by atoms with Gasteiger partial charge in [0.1, 0.15) is 13.1 Å². The van der Waals surface area contributed by atoms with Crippen LogP contribution in [0.5, 0.6) is 17.2 Å². The van der Waals surface area contributed by atoms with Crippen LogP contribution >= 0.6 is 0 Å². The van der Waals surface area contributed by atoms with Crippen LogP contribution < -0.4 is 24.1 Å². The summed E-state index contributed by atoms with van der Waals surface area (Å²) in [6.07, 6.45) is 1.91. The van der Waals surface area contributed by atoms with Gasteiger partial charge in [0, 0.05) is 11.6 Å². The van der Waals surface area contributed by atoms with Gasteiger partial charge >= 0.3 is 0 Å². The summed E-state index contributed by atoms with van der Waals surface area (Å²) in [5.74, 6) is 2.68. The van der Waals surface area contributed by atoms with E-state index >= 15 is 0 Å². The zero-order chi connectivity index (χ0) is 20.6. The molecule has 29 heavy (non-hydrogen) atoms. The maximum atomic E-state index is 13.2. The van der Waals surface area contributed by atoms with Crippen LogP contribution in [0.2, 0.25) is 0 Å². The zero-order valence-electron chi connectivity index (χ0n) is 17.4. The number of ether oxygens (including phenoxy) is 3. The molecule has 1 aromatic carbocycles. The summed E-state index contributed by atoms with van der Waals surface area (Å²) in [6.45, 7) is 10.0. The molecule has 0 radical (unpaired) electrons. The van der Waals surface area contributed by atoms with E-state index in [1.54, 1.807) is 12.1 Å². The molecule has 1 saturated heterocycles. The van der Waals surface area contributed by atoms with E-state index < -0.39 is 0 Å². The number of anilines is 1. The molecule has 7 nitrogen and oxygen atoms in total. The smallest absolute Gasteiger partial charge is 0.274 e. The number of aromatic amines is 1. The van der Waals surface area contributed by atoms with E-state index in [-0.39, 0.29) is 5.91 Å². The molecule has 7 heteroatoms. The van der Waals surface area contributed by atoms with Crippen molar-refractivity contribution in [1.29, 1.82) is 0 Å². The second-order valence-electron chi connectivity index (χ2n) is 6.63. The average Bonchev–Trinajstić information content (AvgIpc) is 2.76. The zero-order valence-corrected chi connectivity index (χ0v) is 17.4. The fourth-order valence-corrected chi connectivity index (χ4v) is 3.43. The molecule has 0 unspecified atom stereocenters. The Balaban J connectivity index is 1.78. The number of carbonyl (C=O) groups excluding carboxylic acids is 1. The highest BCUT2D eigenvalue weighted by molar-refractivity contribution is 5.95. The van der Waals surface area contributed by atoms with Crippen molar-refractivity contribution in [2.45, 2.75) is 20.8 Å². The molecule has 2 heterocycles. The maximum Gasteiger partial charge on any atom is 0.274 e. The van der Waals surface area contributed by atoms with E-state index in [0.717, 1.165) is 18.9 Å². The molecule has 156 valence electrons. The Morgan fingerprint density at radius 2 is 1.55 bits per heavy atom. The number of benzene rings is 1. The number of hydrogen-bond donors (Lipinski definition) is 0. The number of nitrogens with one attached hydrogen (secondary N) is 1. The Morgan fingerprint density at radius 1 is 0.931 bits per heavy atom. The predicted octanol–water partition coefficient (Wildman–Crippen LogP) is 2.66. The lowest BCUT2D eigenvalue weighted by molar-refractivity contribution is -0.364. The van der Waals surface area contributed by atoms with Crippen molar-refractivity contribution in [2.75, 3.05) is 50.9 Å². The molecule has 1 aliphatic heterocycles. The van der Waals surface area contributed by atoms with Gasteiger partial charge in [0.25, 0.3) is 11.7 Å². The van der Waals surface area contributed by atoms with E-state index in [4.69, 9.17) is 14.2 Å². The summed E-state index contributed by atoms with van der Waals surface area (Å²) in [7, 11) is 0. The molecule has 3 rings (SSSR count). The van der Waals surface area contributed by atoms with Crippen molar-refractivity contribution >= 4 is 11.7 Å². The largest absolute Gasteiger partial charge is 0.490 e. The Morgan fingerprint density at radius 3 is 2.07 bits per heavy atom. The number of nitrogens with zero attached hydrogens (tertiary/aromatic N) is 2. The molecule has 1 N–H and O–H groups in total. The average molecular weight is 400 g/mol. The van der Waals surface area contributed by atoms with E-state index in [0.29, 0.717) is 55.7 Å². The lowest BCUT2D eigenvalue weighted by Gasteiger charge is -2.31. The molecule has 0 atom stereocenters. The van der Waals surface area contributed by atoms with E-state index in [2.05, 4.69) is 9.88 Å². The van der Waals surface area contributed by atoms with Crippen molar-refractivity contribution in [3.63, 3.8) is 0 Å². The maximum absolute atomic E-state index is 13.2. The minimum Gasteiger partial charge on any atom is -0.490 e. The monoisotopic (exact) mass is 400 g/mol. The Hall–Kier alpha value is -2.96. The molecule has 0 spiro atoms. The van der Waals surface area contributed by atoms with Gasteiger partial charge in [-0.1, -0.05) is 6.07 Å². The highest BCUT2D eigenvalue weighted by atomic mass is 16.5. The first-order valence-corrected chi connectivity index (χ1v) is 10.2.